The van der Waals surface area contributed by atoms with Crippen LogP contribution in [-0.4, -0.2) is 5.91 Å². The first-order chi connectivity index (χ1) is 8.59. The summed E-state index contributed by atoms with van der Waals surface area (Å²) in [5.41, 5.74) is 5.21. The van der Waals surface area contributed by atoms with Gasteiger partial charge in [0, 0.05) is 4.88 Å². The Morgan fingerprint density at radius 2 is 1.89 bits per heavy atom. The molecule has 3 nitrogen and oxygen atoms in total. The molecule has 1 unspecified atom stereocenters. The topological polar surface area (TPSA) is 55.1 Å². The van der Waals surface area contributed by atoms with Crippen LogP contribution in [0.3, 0.4) is 0 Å². The summed E-state index contributed by atoms with van der Waals surface area (Å²) in [5, 5.41) is 3.93. The molecule has 2 aromatic rings. The molecule has 0 spiro atoms. The first-order valence-corrected chi connectivity index (χ1v) is 6.01. The van der Waals surface area contributed by atoms with E-state index in [9.17, 15) is 13.6 Å². The second-order valence-corrected chi connectivity index (χ2v) is 4.56. The van der Waals surface area contributed by atoms with Crippen molar-refractivity contribution >= 4 is 22.9 Å². The molecule has 3 N–H and O–H groups in total. The summed E-state index contributed by atoms with van der Waals surface area (Å²) in [7, 11) is 0. The largest absolute Gasteiger partial charge is 0.319 e. The fourth-order valence-corrected chi connectivity index (χ4v) is 2.14. The van der Waals surface area contributed by atoms with Crippen molar-refractivity contribution in [1.82, 2.24) is 0 Å². The number of nitrogens with two attached hydrogens (primary N) is 1. The van der Waals surface area contributed by atoms with Gasteiger partial charge in [-0.25, -0.2) is 8.78 Å². The molecule has 1 amide bonds. The van der Waals surface area contributed by atoms with Crippen molar-refractivity contribution < 1.29 is 13.6 Å². The second kappa shape index (κ2) is 5.24. The SMILES string of the molecule is NC(C(=O)Nc1c(F)cccc1F)c1cccs1. The van der Waals surface area contributed by atoms with Crippen LogP contribution in [0.15, 0.2) is 35.7 Å². The molecule has 2 rings (SSSR count). The zero-order chi connectivity index (χ0) is 13.1. The van der Waals surface area contributed by atoms with Gasteiger partial charge in [-0.15, -0.1) is 11.3 Å². The summed E-state index contributed by atoms with van der Waals surface area (Å²) in [5.74, 6) is -2.31. The van der Waals surface area contributed by atoms with Crippen molar-refractivity contribution in [3.05, 3.63) is 52.2 Å². The fraction of sp³-hybridized carbons (Fsp3) is 0.0833. The van der Waals surface area contributed by atoms with Crippen molar-refractivity contribution in [1.29, 1.82) is 0 Å². The molecular weight excluding hydrogens is 258 g/mol. The Morgan fingerprint density at radius 1 is 1.22 bits per heavy atom. The Kier molecular flexibility index (Phi) is 3.69. The number of carbonyl (C=O) groups is 1. The first-order valence-electron chi connectivity index (χ1n) is 5.13. The Balaban J connectivity index is 2.17. The second-order valence-electron chi connectivity index (χ2n) is 3.58. The van der Waals surface area contributed by atoms with E-state index in [2.05, 4.69) is 5.32 Å². The molecule has 94 valence electrons. The van der Waals surface area contributed by atoms with E-state index >= 15 is 0 Å². The Labute approximate surface area is 106 Å². The highest BCUT2D eigenvalue weighted by Crippen LogP contribution is 2.22. The van der Waals surface area contributed by atoms with Crippen LogP contribution in [0.2, 0.25) is 0 Å². The van der Waals surface area contributed by atoms with Gasteiger partial charge in [0.05, 0.1) is 0 Å². The minimum Gasteiger partial charge on any atom is -0.319 e. The van der Waals surface area contributed by atoms with E-state index in [1.165, 1.54) is 17.4 Å². The molecule has 0 radical (unpaired) electrons. The molecule has 0 aliphatic heterocycles. The van der Waals surface area contributed by atoms with E-state index in [-0.39, 0.29) is 0 Å². The number of amides is 1. The number of para-hydroxylation sites is 1. The molecule has 1 heterocycles. The molecule has 0 saturated heterocycles. The predicted molar refractivity (Wildman–Crippen MR) is 66.2 cm³/mol. The third-order valence-corrected chi connectivity index (χ3v) is 3.30. The predicted octanol–water partition coefficient (Wildman–Crippen LogP) is 2.66. The lowest BCUT2D eigenvalue weighted by Gasteiger charge is -2.11. The third kappa shape index (κ3) is 2.55. The number of carbonyl (C=O) groups excluding carboxylic acids is 1. The monoisotopic (exact) mass is 268 g/mol. The molecule has 0 fully saturated rings. The highest BCUT2D eigenvalue weighted by Gasteiger charge is 2.19. The molecule has 6 heteroatoms. The van der Waals surface area contributed by atoms with Gasteiger partial charge in [-0.3, -0.25) is 4.79 Å². The lowest BCUT2D eigenvalue weighted by molar-refractivity contribution is -0.117. The van der Waals surface area contributed by atoms with Crippen LogP contribution in [0.25, 0.3) is 0 Å². The number of thiophene rings is 1. The summed E-state index contributed by atoms with van der Waals surface area (Å²) in [6.45, 7) is 0. The minimum atomic E-state index is -0.941. The first kappa shape index (κ1) is 12.7. The lowest BCUT2D eigenvalue weighted by atomic mass is 10.2. The molecule has 1 aromatic carbocycles. The third-order valence-electron chi connectivity index (χ3n) is 2.34. The van der Waals surface area contributed by atoms with Gasteiger partial charge < -0.3 is 11.1 Å². The maximum Gasteiger partial charge on any atom is 0.246 e. The molecule has 18 heavy (non-hydrogen) atoms. The van der Waals surface area contributed by atoms with E-state index in [1.807, 2.05) is 0 Å². The average molecular weight is 268 g/mol. The van der Waals surface area contributed by atoms with E-state index in [0.29, 0.717) is 4.88 Å². The molecule has 0 saturated carbocycles. The van der Waals surface area contributed by atoms with Crippen LogP contribution in [0, 0.1) is 11.6 Å². The average Bonchev–Trinajstić information content (AvgIpc) is 2.86. The number of anilines is 1. The summed E-state index contributed by atoms with van der Waals surface area (Å²) < 4.78 is 26.6. The van der Waals surface area contributed by atoms with Crippen LogP contribution < -0.4 is 11.1 Å². The van der Waals surface area contributed by atoms with Gasteiger partial charge in [-0.05, 0) is 23.6 Å². The van der Waals surface area contributed by atoms with Crippen LogP contribution in [0.5, 0.6) is 0 Å². The van der Waals surface area contributed by atoms with Crippen molar-refractivity contribution in [2.75, 3.05) is 5.32 Å². The van der Waals surface area contributed by atoms with Gasteiger partial charge >= 0.3 is 0 Å². The molecule has 0 aliphatic rings. The van der Waals surface area contributed by atoms with Gasteiger partial charge in [0.25, 0.3) is 0 Å². The minimum absolute atomic E-state index is 0.477. The van der Waals surface area contributed by atoms with Crippen LogP contribution in [0.4, 0.5) is 14.5 Å². The van der Waals surface area contributed by atoms with Gasteiger partial charge in [-0.2, -0.15) is 0 Å². The number of nitrogens with one attached hydrogen (secondary N) is 1. The van der Waals surface area contributed by atoms with Crippen molar-refractivity contribution in [3.8, 4) is 0 Å². The van der Waals surface area contributed by atoms with Crippen molar-refractivity contribution in [2.24, 2.45) is 5.73 Å². The quantitative estimate of drug-likeness (QED) is 0.899. The Bertz CT molecular complexity index is 537. The van der Waals surface area contributed by atoms with Crippen molar-refractivity contribution in [3.63, 3.8) is 0 Å². The summed E-state index contributed by atoms with van der Waals surface area (Å²) >= 11 is 1.30. The standard InChI is InChI=1S/C12H10F2N2OS/c13-7-3-1-4-8(14)11(7)16-12(17)10(15)9-5-2-6-18-9/h1-6,10H,15H2,(H,16,17). The maximum absolute atomic E-state index is 13.3. The Hall–Kier alpha value is -1.79. The number of benzene rings is 1. The highest BCUT2D eigenvalue weighted by atomic mass is 32.1. The molecule has 1 atom stereocenters. The highest BCUT2D eigenvalue weighted by molar-refractivity contribution is 7.10. The van der Waals surface area contributed by atoms with E-state index < -0.39 is 29.3 Å². The van der Waals surface area contributed by atoms with Crippen LogP contribution in [0.1, 0.15) is 10.9 Å². The number of halogens is 2. The van der Waals surface area contributed by atoms with Gasteiger partial charge in [-0.1, -0.05) is 12.1 Å². The van der Waals surface area contributed by atoms with E-state index in [1.54, 1.807) is 17.5 Å². The summed E-state index contributed by atoms with van der Waals surface area (Å²) in [6.07, 6.45) is 0. The number of hydrogen-bond acceptors (Lipinski definition) is 3. The van der Waals surface area contributed by atoms with Crippen molar-refractivity contribution in [2.45, 2.75) is 6.04 Å². The Morgan fingerprint density at radius 3 is 2.44 bits per heavy atom. The van der Waals surface area contributed by atoms with Gasteiger partial charge in [0.15, 0.2) is 0 Å². The number of hydrogen-bond donors (Lipinski definition) is 2. The lowest BCUT2D eigenvalue weighted by Crippen LogP contribution is -2.27. The summed E-state index contributed by atoms with van der Waals surface area (Å²) in [6, 6.07) is 5.84. The van der Waals surface area contributed by atoms with Crippen LogP contribution in [-0.2, 0) is 4.79 Å². The van der Waals surface area contributed by atoms with Crippen LogP contribution >= 0.6 is 11.3 Å². The molecule has 1 aromatic heterocycles. The fourth-order valence-electron chi connectivity index (χ4n) is 1.42. The zero-order valence-corrected chi connectivity index (χ0v) is 10.0. The smallest absolute Gasteiger partial charge is 0.246 e. The van der Waals surface area contributed by atoms with Gasteiger partial charge in [0.1, 0.15) is 23.4 Å². The molecule has 0 aliphatic carbocycles. The van der Waals surface area contributed by atoms with Gasteiger partial charge in [0.2, 0.25) is 5.91 Å². The summed E-state index contributed by atoms with van der Waals surface area (Å²) in [4.78, 5) is 12.4. The van der Waals surface area contributed by atoms with E-state index in [0.717, 1.165) is 12.1 Å². The molecule has 0 bridgehead atoms. The normalized spacial score (nSPS) is 12.2. The molecular formula is C12H10F2N2OS. The number of rotatable bonds is 3. The van der Waals surface area contributed by atoms with E-state index in [4.69, 9.17) is 5.73 Å². The zero-order valence-electron chi connectivity index (χ0n) is 9.19. The maximum atomic E-state index is 13.3.